The minimum absolute atomic E-state index is 0.431. The zero-order valence-corrected chi connectivity index (χ0v) is 18.8. The van der Waals surface area contributed by atoms with Crippen molar-refractivity contribution in [3.63, 3.8) is 0 Å². The molecule has 3 rings (SSSR count). The maximum atomic E-state index is 5.93. The number of aliphatic imine (C=N–C) groups is 1. The molecule has 0 aromatic carbocycles. The molecule has 6 nitrogen and oxygen atoms in total. The van der Waals surface area contributed by atoms with Crippen molar-refractivity contribution in [2.45, 2.75) is 53.4 Å². The third kappa shape index (κ3) is 5.78. The average Bonchev–Trinajstić information content (AvgIpc) is 3.35. The van der Waals surface area contributed by atoms with Gasteiger partial charge in [-0.05, 0) is 69.0 Å². The number of anilines is 1. The first kappa shape index (κ1) is 21.8. The number of likely N-dealkylation sites (tertiary alicyclic amines) is 1. The van der Waals surface area contributed by atoms with E-state index in [0.29, 0.717) is 16.5 Å². The molecule has 2 aliphatic rings. The fourth-order valence-electron chi connectivity index (χ4n) is 4.33. The lowest BCUT2D eigenvalue weighted by Crippen LogP contribution is -2.37. The number of allylic oxidation sites excluding steroid dienone is 2. The molecule has 1 saturated heterocycles. The molecule has 1 saturated carbocycles. The van der Waals surface area contributed by atoms with Crippen molar-refractivity contribution in [3.8, 4) is 0 Å². The Morgan fingerprint density at radius 2 is 2.03 bits per heavy atom. The molecule has 0 amide bonds. The second-order valence-corrected chi connectivity index (χ2v) is 10.1. The summed E-state index contributed by atoms with van der Waals surface area (Å²) in [4.78, 5) is 15.7. The molecule has 1 aromatic heterocycles. The molecule has 29 heavy (non-hydrogen) atoms. The van der Waals surface area contributed by atoms with Crippen LogP contribution in [0.25, 0.3) is 5.57 Å². The van der Waals surface area contributed by atoms with Crippen LogP contribution in [0.3, 0.4) is 0 Å². The van der Waals surface area contributed by atoms with Crippen molar-refractivity contribution in [1.82, 2.24) is 14.9 Å². The summed E-state index contributed by atoms with van der Waals surface area (Å²) < 4.78 is 0. The molecule has 0 bridgehead atoms. The van der Waals surface area contributed by atoms with Gasteiger partial charge >= 0.3 is 0 Å². The number of nitrogens with one attached hydrogen (secondary N) is 1. The molecule has 1 spiro atoms. The molecule has 160 valence electrons. The van der Waals surface area contributed by atoms with Gasteiger partial charge in [-0.1, -0.05) is 20.8 Å². The van der Waals surface area contributed by atoms with Crippen LogP contribution < -0.4 is 11.1 Å². The SMILES string of the molecule is CN=CC(=C(C)N)c1cnc(NCC2CC23CCN(CCC(C)(C)C)CC3)cn1. The van der Waals surface area contributed by atoms with E-state index in [4.69, 9.17) is 5.73 Å². The minimum atomic E-state index is 0.431. The number of hydrogen-bond donors (Lipinski definition) is 2. The molecular weight excluding hydrogens is 360 g/mol. The summed E-state index contributed by atoms with van der Waals surface area (Å²) >= 11 is 0. The van der Waals surface area contributed by atoms with Gasteiger partial charge in [-0.3, -0.25) is 9.98 Å². The Kier molecular flexibility index (Phi) is 6.62. The van der Waals surface area contributed by atoms with Gasteiger partial charge in [0.1, 0.15) is 5.82 Å². The topological polar surface area (TPSA) is 79.4 Å². The van der Waals surface area contributed by atoms with Crippen LogP contribution in [-0.2, 0) is 0 Å². The lowest BCUT2D eigenvalue weighted by molar-refractivity contribution is 0.147. The monoisotopic (exact) mass is 398 g/mol. The van der Waals surface area contributed by atoms with E-state index in [1.807, 2.05) is 6.92 Å². The standard InChI is InChI=1S/C23H38N6/c1-17(24)19(14-25-5)20-15-28-21(16-26-20)27-13-18-12-23(18)7-10-29(11-8-23)9-6-22(2,3)4/h14-16,18H,6-13,24H2,1-5H3,(H,27,28). The summed E-state index contributed by atoms with van der Waals surface area (Å²) in [5.41, 5.74) is 9.21. The highest BCUT2D eigenvalue weighted by molar-refractivity contribution is 6.09. The number of rotatable bonds is 7. The first-order chi connectivity index (χ1) is 13.7. The van der Waals surface area contributed by atoms with Crippen LogP contribution in [0.15, 0.2) is 23.1 Å². The Balaban J connectivity index is 1.45. The zero-order valence-electron chi connectivity index (χ0n) is 18.8. The molecule has 1 aliphatic heterocycles. The molecule has 3 N–H and O–H groups in total. The van der Waals surface area contributed by atoms with Crippen molar-refractivity contribution < 1.29 is 0 Å². The summed E-state index contributed by atoms with van der Waals surface area (Å²) in [6.07, 6.45) is 10.6. The lowest BCUT2D eigenvalue weighted by Gasteiger charge is -2.34. The predicted molar refractivity (Wildman–Crippen MR) is 122 cm³/mol. The van der Waals surface area contributed by atoms with E-state index >= 15 is 0 Å². The van der Waals surface area contributed by atoms with Gasteiger partial charge in [-0.25, -0.2) is 4.98 Å². The van der Waals surface area contributed by atoms with Crippen LogP contribution in [0.4, 0.5) is 5.82 Å². The number of aromatic nitrogens is 2. The zero-order chi connectivity index (χ0) is 21.1. The smallest absolute Gasteiger partial charge is 0.144 e. The lowest BCUT2D eigenvalue weighted by atomic mass is 9.88. The second kappa shape index (κ2) is 8.82. The maximum Gasteiger partial charge on any atom is 0.144 e. The molecule has 1 atom stereocenters. The quantitative estimate of drug-likeness (QED) is 0.683. The van der Waals surface area contributed by atoms with Gasteiger partial charge in [-0.2, -0.15) is 0 Å². The van der Waals surface area contributed by atoms with E-state index < -0.39 is 0 Å². The van der Waals surface area contributed by atoms with Gasteiger partial charge in [0.15, 0.2) is 0 Å². The average molecular weight is 399 g/mol. The van der Waals surface area contributed by atoms with Gasteiger partial charge in [-0.15, -0.1) is 0 Å². The van der Waals surface area contributed by atoms with Crippen molar-refractivity contribution in [1.29, 1.82) is 0 Å². The van der Waals surface area contributed by atoms with E-state index in [2.05, 4.69) is 45.9 Å². The van der Waals surface area contributed by atoms with E-state index in [-0.39, 0.29) is 0 Å². The van der Waals surface area contributed by atoms with Crippen LogP contribution in [0.1, 0.15) is 59.1 Å². The number of hydrogen-bond acceptors (Lipinski definition) is 6. The molecule has 1 aromatic rings. The highest BCUT2D eigenvalue weighted by atomic mass is 15.1. The largest absolute Gasteiger partial charge is 0.402 e. The summed E-state index contributed by atoms with van der Waals surface area (Å²) in [7, 11) is 1.73. The first-order valence-corrected chi connectivity index (χ1v) is 10.9. The molecule has 0 radical (unpaired) electrons. The van der Waals surface area contributed by atoms with Crippen LogP contribution in [0.2, 0.25) is 0 Å². The second-order valence-electron chi connectivity index (χ2n) is 10.1. The summed E-state index contributed by atoms with van der Waals surface area (Å²) in [5, 5.41) is 3.49. The van der Waals surface area contributed by atoms with Crippen molar-refractivity contribution in [3.05, 3.63) is 23.8 Å². The summed E-state index contributed by atoms with van der Waals surface area (Å²) in [6, 6.07) is 0. The fourth-order valence-corrected chi connectivity index (χ4v) is 4.33. The van der Waals surface area contributed by atoms with E-state index in [0.717, 1.165) is 29.5 Å². The van der Waals surface area contributed by atoms with Gasteiger partial charge in [0.05, 0.1) is 18.1 Å². The van der Waals surface area contributed by atoms with Gasteiger partial charge in [0.2, 0.25) is 0 Å². The predicted octanol–water partition coefficient (Wildman–Crippen LogP) is 3.82. The Bertz CT molecular complexity index is 732. The highest BCUT2D eigenvalue weighted by Gasteiger charge is 2.54. The van der Waals surface area contributed by atoms with E-state index in [9.17, 15) is 0 Å². The van der Waals surface area contributed by atoms with E-state index in [1.165, 1.54) is 45.3 Å². The Morgan fingerprint density at radius 3 is 2.59 bits per heavy atom. The van der Waals surface area contributed by atoms with Crippen molar-refractivity contribution >= 4 is 17.6 Å². The van der Waals surface area contributed by atoms with Gasteiger partial charge < -0.3 is 16.0 Å². The van der Waals surface area contributed by atoms with Crippen LogP contribution in [0.5, 0.6) is 0 Å². The number of nitrogens with two attached hydrogens (primary N) is 1. The maximum absolute atomic E-state index is 5.93. The Labute approximate surface area is 176 Å². The van der Waals surface area contributed by atoms with Crippen LogP contribution in [-0.4, -0.2) is 54.3 Å². The number of nitrogens with zero attached hydrogens (tertiary/aromatic N) is 4. The minimum Gasteiger partial charge on any atom is -0.402 e. The molecule has 2 heterocycles. The highest BCUT2D eigenvalue weighted by Crippen LogP contribution is 2.59. The van der Waals surface area contributed by atoms with Crippen molar-refractivity contribution in [2.24, 2.45) is 27.5 Å². The third-order valence-electron chi connectivity index (χ3n) is 6.53. The van der Waals surface area contributed by atoms with Crippen LogP contribution >= 0.6 is 0 Å². The number of piperidine rings is 1. The molecule has 1 unspecified atom stereocenters. The van der Waals surface area contributed by atoms with Crippen molar-refractivity contribution in [2.75, 3.05) is 38.5 Å². The molecule has 1 aliphatic carbocycles. The van der Waals surface area contributed by atoms with Gasteiger partial charge in [0, 0.05) is 31.1 Å². The third-order valence-corrected chi connectivity index (χ3v) is 6.53. The Hall–Kier alpha value is -1.95. The van der Waals surface area contributed by atoms with E-state index in [1.54, 1.807) is 25.7 Å². The fraction of sp³-hybridized carbons (Fsp3) is 0.696. The normalized spacial score (nSPS) is 22.7. The molecular formula is C23H38N6. The summed E-state index contributed by atoms with van der Waals surface area (Å²) in [6.45, 7) is 13.6. The van der Waals surface area contributed by atoms with Gasteiger partial charge in [0.25, 0.3) is 0 Å². The first-order valence-electron chi connectivity index (χ1n) is 10.9. The molecule has 6 heteroatoms. The van der Waals surface area contributed by atoms with Crippen LogP contribution in [0, 0.1) is 16.7 Å². The molecule has 2 fully saturated rings. The summed E-state index contributed by atoms with van der Waals surface area (Å²) in [5.74, 6) is 1.60. The Morgan fingerprint density at radius 1 is 1.31 bits per heavy atom.